The number of nitrogens with one attached hydrogen (secondary N) is 1. The Morgan fingerprint density at radius 2 is 1.90 bits per heavy atom. The van der Waals surface area contributed by atoms with E-state index in [2.05, 4.69) is 39.7 Å². The number of benzene rings is 1. The van der Waals surface area contributed by atoms with E-state index in [1.807, 2.05) is 6.07 Å². The fourth-order valence-corrected chi connectivity index (χ4v) is 2.71. The molecule has 2 heterocycles. The molecule has 0 spiro atoms. The Labute approximate surface area is 119 Å². The standard InChI is InChI=1S/C16H21N3O/c1-2-4-13(5-3-1)6-7-15-18-16(20-19-15)12-14-8-10-17-11-9-14/h1-5,14,17H,6-12H2. The molecule has 1 fully saturated rings. The largest absolute Gasteiger partial charge is 0.339 e. The van der Waals surface area contributed by atoms with E-state index < -0.39 is 0 Å². The number of hydrogen-bond donors (Lipinski definition) is 1. The summed E-state index contributed by atoms with van der Waals surface area (Å²) in [6, 6.07) is 10.4. The molecule has 0 radical (unpaired) electrons. The van der Waals surface area contributed by atoms with Gasteiger partial charge >= 0.3 is 0 Å². The van der Waals surface area contributed by atoms with Crippen LogP contribution >= 0.6 is 0 Å². The Hall–Kier alpha value is -1.68. The van der Waals surface area contributed by atoms with Crippen LogP contribution in [0.5, 0.6) is 0 Å². The first kappa shape index (κ1) is 13.3. The van der Waals surface area contributed by atoms with Crippen molar-refractivity contribution in [2.45, 2.75) is 32.1 Å². The van der Waals surface area contributed by atoms with Gasteiger partial charge < -0.3 is 9.84 Å². The highest BCUT2D eigenvalue weighted by Crippen LogP contribution is 2.17. The van der Waals surface area contributed by atoms with Crippen molar-refractivity contribution < 1.29 is 4.52 Å². The fourth-order valence-electron chi connectivity index (χ4n) is 2.71. The average molecular weight is 271 g/mol. The minimum atomic E-state index is 0.693. The molecule has 0 bridgehead atoms. The van der Waals surface area contributed by atoms with Gasteiger partial charge in [-0.2, -0.15) is 4.98 Å². The summed E-state index contributed by atoms with van der Waals surface area (Å²) in [4.78, 5) is 4.52. The Morgan fingerprint density at radius 3 is 2.70 bits per heavy atom. The van der Waals surface area contributed by atoms with Gasteiger partial charge in [0.25, 0.3) is 0 Å². The molecule has 20 heavy (non-hydrogen) atoms. The predicted molar refractivity (Wildman–Crippen MR) is 77.4 cm³/mol. The number of nitrogens with zero attached hydrogens (tertiary/aromatic N) is 2. The molecule has 3 rings (SSSR count). The van der Waals surface area contributed by atoms with Gasteiger partial charge in [-0.15, -0.1) is 0 Å². The van der Waals surface area contributed by atoms with Crippen LogP contribution in [0, 0.1) is 5.92 Å². The third kappa shape index (κ3) is 3.67. The van der Waals surface area contributed by atoms with Crippen LogP contribution < -0.4 is 5.32 Å². The topological polar surface area (TPSA) is 51.0 Å². The lowest BCUT2D eigenvalue weighted by Crippen LogP contribution is -2.28. The second kappa shape index (κ2) is 6.66. The first-order chi connectivity index (χ1) is 9.90. The third-order valence-corrected chi connectivity index (χ3v) is 3.91. The van der Waals surface area contributed by atoms with E-state index in [1.54, 1.807) is 0 Å². The van der Waals surface area contributed by atoms with E-state index in [0.717, 1.165) is 44.1 Å². The van der Waals surface area contributed by atoms with Crippen molar-refractivity contribution >= 4 is 0 Å². The normalized spacial score (nSPS) is 16.4. The fraction of sp³-hybridized carbons (Fsp3) is 0.500. The van der Waals surface area contributed by atoms with Crippen LogP contribution in [0.2, 0.25) is 0 Å². The zero-order valence-corrected chi connectivity index (χ0v) is 11.7. The predicted octanol–water partition coefficient (Wildman–Crippen LogP) is 2.40. The van der Waals surface area contributed by atoms with E-state index in [9.17, 15) is 0 Å². The van der Waals surface area contributed by atoms with E-state index >= 15 is 0 Å². The monoisotopic (exact) mass is 271 g/mol. The molecule has 2 aromatic rings. The molecule has 1 saturated heterocycles. The number of rotatable bonds is 5. The number of aromatic nitrogens is 2. The third-order valence-electron chi connectivity index (χ3n) is 3.91. The van der Waals surface area contributed by atoms with Crippen LogP contribution in [0.1, 0.15) is 30.1 Å². The summed E-state index contributed by atoms with van der Waals surface area (Å²) in [6.45, 7) is 2.22. The molecule has 1 aliphatic heterocycles. The molecule has 1 aromatic carbocycles. The van der Waals surface area contributed by atoms with E-state index in [1.165, 1.54) is 18.4 Å². The summed E-state index contributed by atoms with van der Waals surface area (Å²) in [5.74, 6) is 2.33. The molecular weight excluding hydrogens is 250 g/mol. The molecule has 1 aromatic heterocycles. The van der Waals surface area contributed by atoms with Gasteiger partial charge in [-0.3, -0.25) is 0 Å². The van der Waals surface area contributed by atoms with Crippen molar-refractivity contribution in [1.29, 1.82) is 0 Å². The van der Waals surface area contributed by atoms with Crippen LogP contribution in [-0.4, -0.2) is 23.2 Å². The highest BCUT2D eigenvalue weighted by molar-refractivity contribution is 5.15. The van der Waals surface area contributed by atoms with Gasteiger partial charge in [0.2, 0.25) is 5.89 Å². The SMILES string of the molecule is c1ccc(CCc2noc(CC3CCNCC3)n2)cc1. The van der Waals surface area contributed by atoms with Gasteiger partial charge in [-0.1, -0.05) is 35.5 Å². The minimum Gasteiger partial charge on any atom is -0.339 e. The summed E-state index contributed by atoms with van der Waals surface area (Å²) in [6.07, 6.45) is 5.16. The maximum Gasteiger partial charge on any atom is 0.226 e. The summed E-state index contributed by atoms with van der Waals surface area (Å²) in [5.41, 5.74) is 1.32. The maximum atomic E-state index is 5.37. The lowest BCUT2D eigenvalue weighted by Gasteiger charge is -2.20. The average Bonchev–Trinajstić information content (AvgIpc) is 2.95. The van der Waals surface area contributed by atoms with Gasteiger partial charge in [0, 0.05) is 12.8 Å². The van der Waals surface area contributed by atoms with Crippen molar-refractivity contribution in [3.8, 4) is 0 Å². The lowest BCUT2D eigenvalue weighted by molar-refractivity contribution is 0.312. The van der Waals surface area contributed by atoms with Crippen molar-refractivity contribution in [2.75, 3.05) is 13.1 Å². The number of piperidine rings is 1. The van der Waals surface area contributed by atoms with Gasteiger partial charge in [-0.25, -0.2) is 0 Å². The van der Waals surface area contributed by atoms with E-state index in [4.69, 9.17) is 4.52 Å². The Kier molecular flexibility index (Phi) is 4.43. The van der Waals surface area contributed by atoms with E-state index in [0.29, 0.717) is 5.92 Å². The van der Waals surface area contributed by atoms with Gasteiger partial charge in [0.1, 0.15) is 0 Å². The number of aryl methyl sites for hydroxylation is 2. The Balaban J connectivity index is 1.51. The maximum absolute atomic E-state index is 5.37. The molecule has 1 N–H and O–H groups in total. The second-order valence-electron chi connectivity index (χ2n) is 5.49. The van der Waals surface area contributed by atoms with Gasteiger partial charge in [0.05, 0.1) is 0 Å². The molecule has 4 nitrogen and oxygen atoms in total. The molecule has 0 unspecified atom stereocenters. The van der Waals surface area contributed by atoms with Crippen LogP contribution in [0.4, 0.5) is 0 Å². The second-order valence-corrected chi connectivity index (χ2v) is 5.49. The molecule has 106 valence electrons. The quantitative estimate of drug-likeness (QED) is 0.907. The molecule has 0 atom stereocenters. The van der Waals surface area contributed by atoms with Crippen molar-refractivity contribution in [3.05, 3.63) is 47.6 Å². The molecule has 1 aliphatic rings. The lowest BCUT2D eigenvalue weighted by atomic mass is 9.95. The first-order valence-electron chi connectivity index (χ1n) is 7.46. The Bertz CT molecular complexity index is 518. The van der Waals surface area contributed by atoms with Crippen molar-refractivity contribution in [3.63, 3.8) is 0 Å². The minimum absolute atomic E-state index is 0.693. The number of hydrogen-bond acceptors (Lipinski definition) is 4. The van der Waals surface area contributed by atoms with Gasteiger partial charge in [0.15, 0.2) is 5.82 Å². The zero-order chi connectivity index (χ0) is 13.6. The van der Waals surface area contributed by atoms with E-state index in [-0.39, 0.29) is 0 Å². The summed E-state index contributed by atoms with van der Waals surface area (Å²) < 4.78 is 5.37. The summed E-state index contributed by atoms with van der Waals surface area (Å²) in [7, 11) is 0. The van der Waals surface area contributed by atoms with Crippen LogP contribution in [0.15, 0.2) is 34.9 Å². The summed E-state index contributed by atoms with van der Waals surface area (Å²) >= 11 is 0. The smallest absolute Gasteiger partial charge is 0.226 e. The Morgan fingerprint density at radius 1 is 1.10 bits per heavy atom. The van der Waals surface area contributed by atoms with Crippen LogP contribution in [0.25, 0.3) is 0 Å². The summed E-state index contributed by atoms with van der Waals surface area (Å²) in [5, 5.41) is 7.47. The molecule has 0 saturated carbocycles. The molecule has 0 aliphatic carbocycles. The first-order valence-corrected chi connectivity index (χ1v) is 7.46. The molecule has 0 amide bonds. The van der Waals surface area contributed by atoms with Crippen molar-refractivity contribution in [1.82, 2.24) is 15.5 Å². The van der Waals surface area contributed by atoms with Crippen LogP contribution in [0.3, 0.4) is 0 Å². The molecule has 4 heteroatoms. The van der Waals surface area contributed by atoms with Crippen molar-refractivity contribution in [2.24, 2.45) is 5.92 Å². The zero-order valence-electron chi connectivity index (χ0n) is 11.7. The molecular formula is C16H21N3O. The highest BCUT2D eigenvalue weighted by atomic mass is 16.5. The van der Waals surface area contributed by atoms with Crippen LogP contribution in [-0.2, 0) is 19.3 Å². The van der Waals surface area contributed by atoms with Gasteiger partial charge in [-0.05, 0) is 43.8 Å². The highest BCUT2D eigenvalue weighted by Gasteiger charge is 2.17.